The number of likely N-dealkylation sites (N-methyl/N-ethyl adjacent to an activating group) is 2. The predicted molar refractivity (Wildman–Crippen MR) is 126 cm³/mol. The van der Waals surface area contributed by atoms with Crippen molar-refractivity contribution in [2.75, 3.05) is 39.7 Å². The molecule has 0 aliphatic carbocycles. The van der Waals surface area contributed by atoms with Gasteiger partial charge in [0.25, 0.3) is 0 Å². The van der Waals surface area contributed by atoms with E-state index in [1.807, 2.05) is 43.1 Å². The summed E-state index contributed by atoms with van der Waals surface area (Å²) in [6.45, 7) is 3.83. The Morgan fingerprint density at radius 2 is 2.06 bits per heavy atom. The summed E-state index contributed by atoms with van der Waals surface area (Å²) in [7, 11) is 5.22. The second kappa shape index (κ2) is 11.5. The first-order valence-electron chi connectivity index (χ1n) is 10.1. The number of aromatic nitrogens is 1. The van der Waals surface area contributed by atoms with Gasteiger partial charge in [0.2, 0.25) is 11.8 Å². The maximum atomic E-state index is 12.6. The lowest BCUT2D eigenvalue weighted by Gasteiger charge is -2.17. The Morgan fingerprint density at radius 3 is 2.78 bits per heavy atom. The second-order valence-corrected chi connectivity index (χ2v) is 7.44. The first kappa shape index (κ1) is 25.2. The number of fused-ring (bicyclic) bond motifs is 1. The van der Waals surface area contributed by atoms with E-state index in [9.17, 15) is 9.59 Å². The van der Waals surface area contributed by atoms with Gasteiger partial charge in [0.1, 0.15) is 5.82 Å². The third kappa shape index (κ3) is 6.45. The number of carbonyl (C=O) groups excluding carboxylic acids is 2. The van der Waals surface area contributed by atoms with Gasteiger partial charge >= 0.3 is 0 Å². The molecule has 172 valence electrons. The molecule has 0 atom stereocenters. The number of amides is 2. The molecule has 1 aliphatic rings. The number of hydrogen-bond donors (Lipinski definition) is 1. The molecule has 0 radical (unpaired) electrons. The van der Waals surface area contributed by atoms with Gasteiger partial charge in [-0.3, -0.25) is 14.5 Å². The van der Waals surface area contributed by atoms with E-state index >= 15 is 0 Å². The van der Waals surface area contributed by atoms with Crippen LogP contribution < -0.4 is 14.8 Å². The van der Waals surface area contributed by atoms with Crippen molar-refractivity contribution < 1.29 is 19.1 Å². The van der Waals surface area contributed by atoms with Crippen LogP contribution in [0.25, 0.3) is 6.08 Å². The van der Waals surface area contributed by atoms with Crippen LogP contribution in [0.4, 0.5) is 5.82 Å². The van der Waals surface area contributed by atoms with Crippen LogP contribution in [0.3, 0.4) is 0 Å². The van der Waals surface area contributed by atoms with Crippen LogP contribution in [-0.2, 0) is 22.7 Å². The van der Waals surface area contributed by atoms with Crippen LogP contribution in [-0.4, -0.2) is 61.0 Å². The van der Waals surface area contributed by atoms with Crippen molar-refractivity contribution in [1.82, 2.24) is 14.8 Å². The average molecular weight is 461 g/mol. The number of ether oxygens (including phenoxy) is 2. The zero-order chi connectivity index (χ0) is 22.4. The molecule has 0 saturated heterocycles. The molecule has 3 rings (SSSR count). The maximum Gasteiger partial charge on any atom is 0.246 e. The maximum absolute atomic E-state index is 12.6. The van der Waals surface area contributed by atoms with Crippen LogP contribution in [0, 0.1) is 0 Å². The molecule has 1 aromatic carbocycles. The van der Waals surface area contributed by atoms with E-state index in [1.165, 1.54) is 6.08 Å². The van der Waals surface area contributed by atoms with E-state index in [-0.39, 0.29) is 24.2 Å². The van der Waals surface area contributed by atoms with Gasteiger partial charge in [-0.25, -0.2) is 4.98 Å². The number of halogens is 1. The number of nitrogens with one attached hydrogen (secondary N) is 1. The topological polar surface area (TPSA) is 84.0 Å². The Kier molecular flexibility index (Phi) is 9.04. The van der Waals surface area contributed by atoms with Gasteiger partial charge in [0.05, 0.1) is 20.3 Å². The molecular weight excluding hydrogens is 432 g/mol. The minimum Gasteiger partial charge on any atom is -0.493 e. The Bertz CT molecular complexity index is 996. The molecular formula is C23H29ClN4O4. The third-order valence-electron chi connectivity index (χ3n) is 4.84. The van der Waals surface area contributed by atoms with Crippen LogP contribution in [0.15, 0.2) is 36.5 Å². The summed E-state index contributed by atoms with van der Waals surface area (Å²) in [6, 6.07) is 7.58. The van der Waals surface area contributed by atoms with Crippen LogP contribution >= 0.6 is 12.4 Å². The highest BCUT2D eigenvalue weighted by Gasteiger charge is 2.17. The minimum atomic E-state index is -0.131. The van der Waals surface area contributed by atoms with E-state index in [0.717, 1.165) is 16.7 Å². The van der Waals surface area contributed by atoms with Gasteiger partial charge in [0, 0.05) is 38.0 Å². The fourth-order valence-corrected chi connectivity index (χ4v) is 3.35. The molecule has 32 heavy (non-hydrogen) atoms. The number of anilines is 1. The Balaban J connectivity index is 0.00000363. The predicted octanol–water partition coefficient (Wildman–Crippen LogP) is 2.97. The van der Waals surface area contributed by atoms with Gasteiger partial charge < -0.3 is 19.7 Å². The summed E-state index contributed by atoms with van der Waals surface area (Å²) in [4.78, 5) is 32.3. The summed E-state index contributed by atoms with van der Waals surface area (Å²) < 4.78 is 10.9. The molecule has 1 N–H and O–H groups in total. The Morgan fingerprint density at radius 1 is 1.28 bits per heavy atom. The third-order valence-corrected chi connectivity index (χ3v) is 4.84. The van der Waals surface area contributed by atoms with E-state index in [2.05, 4.69) is 10.3 Å². The molecule has 1 aliphatic heterocycles. The lowest BCUT2D eigenvalue weighted by molar-refractivity contribution is -0.125. The SMILES string of the molecule is CCOc1ccc(CN(C)C(=O)C=Cc2cnc3c(c2)CN(C)CC(=O)N3)cc1OC.Cl. The smallest absolute Gasteiger partial charge is 0.246 e. The Hall–Kier alpha value is -3.10. The number of methoxy groups -OCH3 is 1. The van der Waals surface area contributed by atoms with Crippen LogP contribution in [0.5, 0.6) is 11.5 Å². The second-order valence-electron chi connectivity index (χ2n) is 7.44. The first-order valence-corrected chi connectivity index (χ1v) is 10.1. The quantitative estimate of drug-likeness (QED) is 0.639. The summed E-state index contributed by atoms with van der Waals surface area (Å²) in [5, 5.41) is 2.80. The fourth-order valence-electron chi connectivity index (χ4n) is 3.35. The van der Waals surface area contributed by atoms with Crippen molar-refractivity contribution in [2.24, 2.45) is 0 Å². The van der Waals surface area contributed by atoms with E-state index in [0.29, 0.717) is 43.6 Å². The number of pyridine rings is 1. The van der Waals surface area contributed by atoms with E-state index < -0.39 is 0 Å². The van der Waals surface area contributed by atoms with Crippen LogP contribution in [0.2, 0.25) is 0 Å². The largest absolute Gasteiger partial charge is 0.493 e. The zero-order valence-electron chi connectivity index (χ0n) is 18.8. The molecule has 2 heterocycles. The van der Waals surface area contributed by atoms with Crippen molar-refractivity contribution in [3.05, 3.63) is 53.2 Å². The van der Waals surface area contributed by atoms with Crippen molar-refractivity contribution in [3.8, 4) is 11.5 Å². The van der Waals surface area contributed by atoms with E-state index in [4.69, 9.17) is 9.47 Å². The van der Waals surface area contributed by atoms with Gasteiger partial charge in [-0.15, -0.1) is 12.4 Å². The van der Waals surface area contributed by atoms with Crippen molar-refractivity contribution in [1.29, 1.82) is 0 Å². The highest BCUT2D eigenvalue weighted by atomic mass is 35.5. The zero-order valence-corrected chi connectivity index (χ0v) is 19.6. The summed E-state index contributed by atoms with van der Waals surface area (Å²) in [5.74, 6) is 1.68. The molecule has 0 unspecified atom stereocenters. The fraction of sp³-hybridized carbons (Fsp3) is 0.348. The highest BCUT2D eigenvalue weighted by molar-refractivity contribution is 5.93. The molecule has 9 heteroatoms. The number of carbonyl (C=O) groups is 2. The standard InChI is InChI=1S/C23H28N4O4.ClH/c1-5-31-19-8-6-17(11-20(19)30-4)13-27(3)22(29)9-7-16-10-18-14-26(2)15-21(28)25-23(18)24-12-16;/h6-12H,5,13-15H2,1-4H3,(H,24,25,28);1H. The molecule has 1 aromatic heterocycles. The highest BCUT2D eigenvalue weighted by Crippen LogP contribution is 2.28. The van der Waals surface area contributed by atoms with Crippen LogP contribution in [0.1, 0.15) is 23.6 Å². The number of nitrogens with zero attached hydrogens (tertiary/aromatic N) is 3. The number of benzene rings is 1. The van der Waals surface area contributed by atoms with Gasteiger partial charge in [0.15, 0.2) is 11.5 Å². The van der Waals surface area contributed by atoms with E-state index in [1.54, 1.807) is 31.3 Å². The average Bonchev–Trinajstić information content (AvgIpc) is 2.88. The molecule has 0 saturated carbocycles. The lowest BCUT2D eigenvalue weighted by atomic mass is 10.1. The number of rotatable bonds is 7. The molecule has 0 bridgehead atoms. The number of hydrogen-bond acceptors (Lipinski definition) is 6. The minimum absolute atomic E-state index is 0. The van der Waals surface area contributed by atoms with Crippen molar-refractivity contribution in [2.45, 2.75) is 20.0 Å². The Labute approximate surface area is 194 Å². The van der Waals surface area contributed by atoms with Crippen molar-refractivity contribution >= 4 is 36.1 Å². The molecule has 8 nitrogen and oxygen atoms in total. The summed E-state index contributed by atoms with van der Waals surface area (Å²) in [5.41, 5.74) is 2.65. The molecule has 2 amide bonds. The monoisotopic (exact) mass is 460 g/mol. The van der Waals surface area contributed by atoms with Gasteiger partial charge in [-0.05, 0) is 49.4 Å². The summed E-state index contributed by atoms with van der Waals surface area (Å²) in [6.07, 6.45) is 4.90. The molecule has 2 aromatic rings. The molecule has 0 spiro atoms. The van der Waals surface area contributed by atoms with Crippen molar-refractivity contribution in [3.63, 3.8) is 0 Å². The first-order chi connectivity index (χ1) is 14.9. The van der Waals surface area contributed by atoms with Gasteiger partial charge in [-0.1, -0.05) is 6.07 Å². The normalized spacial score (nSPS) is 13.6. The summed E-state index contributed by atoms with van der Waals surface area (Å²) >= 11 is 0. The van der Waals surface area contributed by atoms with Gasteiger partial charge in [-0.2, -0.15) is 0 Å². The lowest BCUT2D eigenvalue weighted by Crippen LogP contribution is -2.26. The molecule has 0 fully saturated rings.